The van der Waals surface area contributed by atoms with E-state index < -0.39 is 12.9 Å². The zero-order valence-corrected chi connectivity index (χ0v) is 8.00. The van der Waals surface area contributed by atoms with Gasteiger partial charge in [0.25, 0.3) is 0 Å². The summed E-state index contributed by atoms with van der Waals surface area (Å²) in [5, 5.41) is 0. The minimum atomic E-state index is -0.706. The molecule has 0 radical (unpaired) electrons. The third kappa shape index (κ3) is 1.81. The van der Waals surface area contributed by atoms with E-state index in [0.29, 0.717) is 22.7 Å². The van der Waals surface area contributed by atoms with Crippen LogP contribution >= 0.6 is 0 Å². The third-order valence-corrected chi connectivity index (χ3v) is 2.02. The molecule has 0 bridgehead atoms. The summed E-state index contributed by atoms with van der Waals surface area (Å²) in [6.07, 6.45) is 0. The molecule has 76 valence electrons. The number of rotatable bonds is 1. The SMILES string of the molecule is C=C1OB(c2cc(N)cc(F)c2)OC1=C. The summed E-state index contributed by atoms with van der Waals surface area (Å²) in [6, 6.07) is 4.11. The Morgan fingerprint density at radius 1 is 1.13 bits per heavy atom. The Balaban J connectivity index is 2.31. The zero-order chi connectivity index (χ0) is 11.0. The van der Waals surface area contributed by atoms with Crippen molar-refractivity contribution in [2.75, 3.05) is 5.73 Å². The van der Waals surface area contributed by atoms with Crippen molar-refractivity contribution in [3.63, 3.8) is 0 Å². The zero-order valence-electron chi connectivity index (χ0n) is 8.00. The van der Waals surface area contributed by atoms with Crippen LogP contribution in [0.5, 0.6) is 0 Å². The molecule has 0 amide bonds. The predicted molar refractivity (Wildman–Crippen MR) is 56.7 cm³/mol. The summed E-state index contributed by atoms with van der Waals surface area (Å²) >= 11 is 0. The smallest absolute Gasteiger partial charge is 0.520 e. The Hall–Kier alpha value is -1.91. The minimum Gasteiger partial charge on any atom is -0.520 e. The second-order valence-electron chi connectivity index (χ2n) is 3.23. The molecule has 2 rings (SSSR count). The van der Waals surface area contributed by atoms with Crippen LogP contribution in [0.1, 0.15) is 0 Å². The van der Waals surface area contributed by atoms with Gasteiger partial charge in [-0.05, 0) is 18.2 Å². The molecule has 0 atom stereocenters. The lowest BCUT2D eigenvalue weighted by Crippen LogP contribution is -2.31. The van der Waals surface area contributed by atoms with Crippen molar-refractivity contribution < 1.29 is 13.7 Å². The largest absolute Gasteiger partial charge is 0.632 e. The molecule has 2 N–H and O–H groups in total. The van der Waals surface area contributed by atoms with E-state index in [9.17, 15) is 4.39 Å². The van der Waals surface area contributed by atoms with Crippen LogP contribution in [-0.4, -0.2) is 7.12 Å². The van der Waals surface area contributed by atoms with Gasteiger partial charge in [-0.25, -0.2) is 4.39 Å². The lowest BCUT2D eigenvalue weighted by atomic mass is 9.79. The summed E-state index contributed by atoms with van der Waals surface area (Å²) in [5.41, 5.74) is 6.33. The van der Waals surface area contributed by atoms with Crippen LogP contribution in [0.4, 0.5) is 10.1 Å². The maximum Gasteiger partial charge on any atom is 0.632 e. The van der Waals surface area contributed by atoms with Crippen molar-refractivity contribution >= 4 is 18.3 Å². The van der Waals surface area contributed by atoms with Gasteiger partial charge >= 0.3 is 7.12 Å². The molecular weight excluding hydrogens is 196 g/mol. The topological polar surface area (TPSA) is 44.5 Å². The molecular formula is C10H9BFNO2. The molecule has 0 unspecified atom stereocenters. The highest BCUT2D eigenvalue weighted by Gasteiger charge is 2.34. The number of hydrogen-bond donors (Lipinski definition) is 1. The van der Waals surface area contributed by atoms with Gasteiger partial charge in [0, 0.05) is 11.2 Å². The van der Waals surface area contributed by atoms with Crippen LogP contribution in [0.3, 0.4) is 0 Å². The summed E-state index contributed by atoms with van der Waals surface area (Å²) < 4.78 is 23.5. The van der Waals surface area contributed by atoms with Gasteiger partial charge in [0.15, 0.2) is 0 Å². The van der Waals surface area contributed by atoms with Gasteiger partial charge in [0.1, 0.15) is 17.3 Å². The van der Waals surface area contributed by atoms with E-state index in [2.05, 4.69) is 13.2 Å². The molecule has 15 heavy (non-hydrogen) atoms. The number of hydrogen-bond acceptors (Lipinski definition) is 3. The van der Waals surface area contributed by atoms with E-state index in [-0.39, 0.29) is 0 Å². The summed E-state index contributed by atoms with van der Waals surface area (Å²) in [7, 11) is -0.706. The third-order valence-electron chi connectivity index (χ3n) is 2.02. The summed E-state index contributed by atoms with van der Waals surface area (Å²) in [5.74, 6) is 0.269. The molecule has 1 aromatic carbocycles. The fraction of sp³-hybridized carbons (Fsp3) is 0. The molecule has 1 aliphatic heterocycles. The average molecular weight is 205 g/mol. The maximum atomic E-state index is 13.0. The molecule has 1 aliphatic rings. The van der Waals surface area contributed by atoms with Crippen LogP contribution in [0, 0.1) is 5.82 Å². The number of nitrogen functional groups attached to an aromatic ring is 1. The van der Waals surface area contributed by atoms with Crippen LogP contribution in [0.15, 0.2) is 42.9 Å². The monoisotopic (exact) mass is 205 g/mol. The average Bonchev–Trinajstić information content (AvgIpc) is 2.45. The normalized spacial score (nSPS) is 15.1. The highest BCUT2D eigenvalue weighted by molar-refractivity contribution is 6.62. The quantitative estimate of drug-likeness (QED) is 0.552. The predicted octanol–water partition coefficient (Wildman–Crippen LogP) is 1.18. The standard InChI is InChI=1S/C10H9BFNO2/c1-6-7(2)15-11(14-6)8-3-9(12)5-10(13)4-8/h3-5H,1-2,13H2. The first-order valence-corrected chi connectivity index (χ1v) is 4.34. The molecule has 0 aromatic heterocycles. The Labute approximate surface area is 87.1 Å². The van der Waals surface area contributed by atoms with Crippen molar-refractivity contribution in [1.29, 1.82) is 0 Å². The fourth-order valence-electron chi connectivity index (χ4n) is 1.32. The molecule has 5 heteroatoms. The highest BCUT2D eigenvalue weighted by Crippen LogP contribution is 2.20. The van der Waals surface area contributed by atoms with E-state index >= 15 is 0 Å². The fourth-order valence-corrected chi connectivity index (χ4v) is 1.32. The van der Waals surface area contributed by atoms with Crippen LogP contribution in [0.2, 0.25) is 0 Å². The molecule has 0 saturated carbocycles. The number of halogens is 1. The Kier molecular flexibility index (Phi) is 2.15. The lowest BCUT2D eigenvalue weighted by Gasteiger charge is -2.04. The van der Waals surface area contributed by atoms with E-state index in [0.717, 1.165) is 0 Å². The van der Waals surface area contributed by atoms with E-state index in [1.807, 2.05) is 0 Å². The second kappa shape index (κ2) is 3.35. The molecule has 3 nitrogen and oxygen atoms in total. The van der Waals surface area contributed by atoms with Gasteiger partial charge in [0.2, 0.25) is 0 Å². The minimum absolute atomic E-state index is 0.320. The van der Waals surface area contributed by atoms with Crippen molar-refractivity contribution in [2.24, 2.45) is 0 Å². The Morgan fingerprint density at radius 2 is 1.73 bits per heavy atom. The lowest BCUT2D eigenvalue weighted by molar-refractivity contribution is 0.431. The first kappa shape index (κ1) is 9.64. The number of benzene rings is 1. The molecule has 1 heterocycles. The van der Waals surface area contributed by atoms with Gasteiger partial charge in [-0.3, -0.25) is 0 Å². The molecule has 0 spiro atoms. The molecule has 1 aromatic rings. The van der Waals surface area contributed by atoms with Gasteiger partial charge in [0.05, 0.1) is 0 Å². The van der Waals surface area contributed by atoms with Crippen molar-refractivity contribution in [2.45, 2.75) is 0 Å². The first-order chi connectivity index (χ1) is 7.06. The summed E-state index contributed by atoms with van der Waals surface area (Å²) in [6.45, 7) is 7.17. The van der Waals surface area contributed by atoms with Gasteiger partial charge in [-0.15, -0.1) is 0 Å². The van der Waals surface area contributed by atoms with Gasteiger partial charge in [-0.1, -0.05) is 13.2 Å². The van der Waals surface area contributed by atoms with Crippen molar-refractivity contribution in [3.8, 4) is 0 Å². The Bertz CT molecular complexity index is 411. The van der Waals surface area contributed by atoms with Crippen LogP contribution in [-0.2, 0) is 9.31 Å². The van der Waals surface area contributed by atoms with Gasteiger partial charge in [-0.2, -0.15) is 0 Å². The highest BCUT2D eigenvalue weighted by atomic mass is 19.1. The van der Waals surface area contributed by atoms with Crippen LogP contribution in [0.25, 0.3) is 0 Å². The van der Waals surface area contributed by atoms with Crippen molar-refractivity contribution in [1.82, 2.24) is 0 Å². The molecule has 1 fully saturated rings. The Morgan fingerprint density at radius 3 is 2.27 bits per heavy atom. The number of nitrogens with two attached hydrogens (primary N) is 1. The summed E-state index contributed by atoms with van der Waals surface area (Å²) in [4.78, 5) is 0. The number of anilines is 1. The molecule has 0 aliphatic carbocycles. The van der Waals surface area contributed by atoms with E-state index in [1.165, 1.54) is 12.1 Å². The molecule has 1 saturated heterocycles. The van der Waals surface area contributed by atoms with Crippen molar-refractivity contribution in [3.05, 3.63) is 48.7 Å². The van der Waals surface area contributed by atoms with E-state index in [1.54, 1.807) is 6.07 Å². The van der Waals surface area contributed by atoms with E-state index in [4.69, 9.17) is 15.0 Å². The van der Waals surface area contributed by atoms with Gasteiger partial charge < -0.3 is 15.0 Å². The maximum absolute atomic E-state index is 13.0. The first-order valence-electron chi connectivity index (χ1n) is 4.34. The van der Waals surface area contributed by atoms with Crippen LogP contribution < -0.4 is 11.2 Å². The second-order valence-corrected chi connectivity index (χ2v) is 3.23.